The van der Waals surface area contributed by atoms with E-state index >= 15 is 0 Å². The van der Waals surface area contributed by atoms with Crippen LogP contribution in [0.1, 0.15) is 26.2 Å². The van der Waals surface area contributed by atoms with E-state index in [0.29, 0.717) is 39.0 Å². The molecule has 1 saturated heterocycles. The fourth-order valence-electron chi connectivity index (χ4n) is 2.54. The van der Waals surface area contributed by atoms with Gasteiger partial charge in [0.1, 0.15) is 5.41 Å². The van der Waals surface area contributed by atoms with Crippen LogP contribution < -0.4 is 5.73 Å². The molecule has 2 aliphatic rings. The zero-order valence-corrected chi connectivity index (χ0v) is 11.1. The summed E-state index contributed by atoms with van der Waals surface area (Å²) < 4.78 is 0. The summed E-state index contributed by atoms with van der Waals surface area (Å²) in [5.74, 6) is -0.0368. The summed E-state index contributed by atoms with van der Waals surface area (Å²) in [6.07, 6.45) is 2.03. The van der Waals surface area contributed by atoms with Crippen molar-refractivity contribution in [3.8, 4) is 0 Å². The second kappa shape index (κ2) is 5.07. The molecule has 2 amide bonds. The Kier molecular flexibility index (Phi) is 3.64. The first-order chi connectivity index (χ1) is 9.01. The smallest absolute Gasteiger partial charge is 0.236 e. The van der Waals surface area contributed by atoms with Crippen LogP contribution in [-0.2, 0) is 9.59 Å². The number of rotatable bonds is 2. The molecule has 3 N–H and O–H groups in total. The Labute approximate surface area is 112 Å². The van der Waals surface area contributed by atoms with Gasteiger partial charge in [-0.1, -0.05) is 5.16 Å². The van der Waals surface area contributed by atoms with E-state index in [1.807, 2.05) is 0 Å². The largest absolute Gasteiger partial charge is 0.409 e. The molecule has 7 nitrogen and oxygen atoms in total. The molecule has 1 heterocycles. The number of nitrogens with two attached hydrogens (primary N) is 1. The Morgan fingerprint density at radius 1 is 1.16 bits per heavy atom. The number of hydrogen-bond donors (Lipinski definition) is 2. The normalized spacial score (nSPS) is 22.9. The average molecular weight is 268 g/mol. The van der Waals surface area contributed by atoms with Gasteiger partial charge in [0.05, 0.1) is 0 Å². The van der Waals surface area contributed by atoms with Crippen molar-refractivity contribution in [3.63, 3.8) is 0 Å². The predicted molar refractivity (Wildman–Crippen MR) is 68.5 cm³/mol. The number of hydrogen-bond acceptors (Lipinski definition) is 4. The zero-order chi connectivity index (χ0) is 14.0. The molecule has 0 radical (unpaired) electrons. The first-order valence-electron chi connectivity index (χ1n) is 6.54. The summed E-state index contributed by atoms with van der Waals surface area (Å²) in [4.78, 5) is 27.3. The molecule has 0 aromatic carbocycles. The van der Waals surface area contributed by atoms with E-state index in [4.69, 9.17) is 10.9 Å². The third-order valence-electron chi connectivity index (χ3n) is 3.99. The lowest BCUT2D eigenvalue weighted by molar-refractivity contribution is -0.135. The van der Waals surface area contributed by atoms with E-state index in [0.717, 1.165) is 6.42 Å². The van der Waals surface area contributed by atoms with Gasteiger partial charge >= 0.3 is 0 Å². The summed E-state index contributed by atoms with van der Waals surface area (Å²) in [5, 5.41) is 11.8. The maximum absolute atomic E-state index is 12.5. The highest BCUT2D eigenvalue weighted by atomic mass is 16.4. The van der Waals surface area contributed by atoms with Crippen LogP contribution in [0.5, 0.6) is 0 Å². The average Bonchev–Trinajstić information content (AvgIpc) is 3.20. The summed E-state index contributed by atoms with van der Waals surface area (Å²) >= 11 is 0. The minimum absolute atomic E-state index is 0.00479. The molecule has 2 rings (SSSR count). The van der Waals surface area contributed by atoms with Crippen LogP contribution in [0.3, 0.4) is 0 Å². The van der Waals surface area contributed by atoms with E-state index in [1.165, 1.54) is 6.92 Å². The van der Waals surface area contributed by atoms with Crippen molar-refractivity contribution < 1.29 is 14.8 Å². The van der Waals surface area contributed by atoms with Crippen LogP contribution in [0, 0.1) is 5.41 Å². The topological polar surface area (TPSA) is 99.2 Å². The third kappa shape index (κ3) is 2.50. The van der Waals surface area contributed by atoms with Gasteiger partial charge in [-0.05, 0) is 19.3 Å². The molecule has 0 atom stereocenters. The summed E-state index contributed by atoms with van der Waals surface area (Å²) in [6.45, 7) is 3.89. The molecule has 0 unspecified atom stereocenters. The molecule has 0 spiro atoms. The van der Waals surface area contributed by atoms with Gasteiger partial charge in [0.15, 0.2) is 5.84 Å². The van der Waals surface area contributed by atoms with Crippen LogP contribution in [0.25, 0.3) is 0 Å². The highest BCUT2D eigenvalue weighted by Gasteiger charge is 2.55. The second-order valence-corrected chi connectivity index (χ2v) is 5.22. The van der Waals surface area contributed by atoms with E-state index < -0.39 is 5.41 Å². The maximum Gasteiger partial charge on any atom is 0.236 e. The van der Waals surface area contributed by atoms with E-state index in [9.17, 15) is 9.59 Å². The van der Waals surface area contributed by atoms with Crippen molar-refractivity contribution in [2.45, 2.75) is 26.2 Å². The van der Waals surface area contributed by atoms with Gasteiger partial charge in [-0.2, -0.15) is 0 Å². The highest BCUT2D eigenvalue weighted by Crippen LogP contribution is 2.47. The lowest BCUT2D eigenvalue weighted by Gasteiger charge is -2.25. The van der Waals surface area contributed by atoms with Gasteiger partial charge in [-0.3, -0.25) is 9.59 Å². The molecule has 19 heavy (non-hydrogen) atoms. The lowest BCUT2D eigenvalue weighted by atomic mass is 10.0. The van der Waals surface area contributed by atoms with E-state index in [1.54, 1.807) is 9.80 Å². The van der Waals surface area contributed by atoms with Crippen molar-refractivity contribution >= 4 is 17.6 Å². The third-order valence-corrected chi connectivity index (χ3v) is 3.99. The number of amides is 2. The van der Waals surface area contributed by atoms with Gasteiger partial charge in [0.25, 0.3) is 0 Å². The Morgan fingerprint density at radius 3 is 2.26 bits per heavy atom. The SMILES string of the molecule is CC(=O)N1CCCN(C(=O)C2(C(N)=NO)CC2)CC1. The van der Waals surface area contributed by atoms with Crippen LogP contribution in [-0.4, -0.2) is 58.8 Å². The van der Waals surface area contributed by atoms with Crippen molar-refractivity contribution in [2.24, 2.45) is 16.3 Å². The number of carbonyl (C=O) groups excluding carboxylic acids is 2. The van der Waals surface area contributed by atoms with Gasteiger partial charge in [0, 0.05) is 33.1 Å². The van der Waals surface area contributed by atoms with Crippen molar-refractivity contribution in [1.29, 1.82) is 0 Å². The summed E-state index contributed by atoms with van der Waals surface area (Å²) in [6, 6.07) is 0. The predicted octanol–water partition coefficient (Wildman–Crippen LogP) is -0.406. The highest BCUT2D eigenvalue weighted by molar-refractivity contribution is 6.09. The molecule has 0 bridgehead atoms. The monoisotopic (exact) mass is 268 g/mol. The van der Waals surface area contributed by atoms with Crippen LogP contribution in [0.2, 0.25) is 0 Å². The minimum atomic E-state index is -0.792. The number of oxime groups is 1. The molecule has 1 aliphatic carbocycles. The lowest BCUT2D eigenvalue weighted by Crippen LogP contribution is -2.45. The van der Waals surface area contributed by atoms with Crippen LogP contribution >= 0.6 is 0 Å². The van der Waals surface area contributed by atoms with E-state index in [-0.39, 0.29) is 17.6 Å². The Hall–Kier alpha value is -1.79. The van der Waals surface area contributed by atoms with E-state index in [2.05, 4.69) is 5.16 Å². The molecular formula is C12H20N4O3. The first-order valence-corrected chi connectivity index (χ1v) is 6.54. The molecule has 0 aromatic heterocycles. The molecular weight excluding hydrogens is 248 g/mol. The number of amidine groups is 1. The Balaban J connectivity index is 2.03. The van der Waals surface area contributed by atoms with Crippen molar-refractivity contribution in [3.05, 3.63) is 0 Å². The van der Waals surface area contributed by atoms with Crippen molar-refractivity contribution in [2.75, 3.05) is 26.2 Å². The second-order valence-electron chi connectivity index (χ2n) is 5.22. The zero-order valence-electron chi connectivity index (χ0n) is 11.1. The number of carbonyl (C=O) groups is 2. The van der Waals surface area contributed by atoms with Crippen molar-refractivity contribution in [1.82, 2.24) is 9.80 Å². The Morgan fingerprint density at radius 2 is 1.74 bits per heavy atom. The summed E-state index contributed by atoms with van der Waals surface area (Å²) in [7, 11) is 0. The summed E-state index contributed by atoms with van der Waals surface area (Å²) in [5.41, 5.74) is 4.83. The molecule has 1 aliphatic heterocycles. The minimum Gasteiger partial charge on any atom is -0.409 e. The van der Waals surface area contributed by atoms with Gasteiger partial charge < -0.3 is 20.7 Å². The van der Waals surface area contributed by atoms with Crippen LogP contribution in [0.4, 0.5) is 0 Å². The standard InChI is InChI=1S/C12H20N4O3/c1-9(17)15-5-2-6-16(8-7-15)11(18)12(3-4-12)10(13)14-19/h19H,2-8H2,1H3,(H2,13,14). The number of nitrogens with zero attached hydrogens (tertiary/aromatic N) is 3. The fourth-order valence-corrected chi connectivity index (χ4v) is 2.54. The Bertz CT molecular complexity index is 417. The van der Waals surface area contributed by atoms with Gasteiger partial charge in [-0.25, -0.2) is 0 Å². The fraction of sp³-hybridized carbons (Fsp3) is 0.750. The molecule has 106 valence electrons. The maximum atomic E-state index is 12.5. The molecule has 1 saturated carbocycles. The molecule has 7 heteroatoms. The molecule has 0 aromatic rings. The molecule has 2 fully saturated rings. The first kappa shape index (κ1) is 13.6. The van der Waals surface area contributed by atoms with Crippen LogP contribution in [0.15, 0.2) is 5.16 Å². The van der Waals surface area contributed by atoms with Gasteiger partial charge in [-0.15, -0.1) is 0 Å². The quantitative estimate of drug-likeness (QED) is 0.308. The van der Waals surface area contributed by atoms with Gasteiger partial charge in [0.2, 0.25) is 11.8 Å².